The van der Waals surface area contributed by atoms with Crippen LogP contribution in [0.2, 0.25) is 0 Å². The summed E-state index contributed by atoms with van der Waals surface area (Å²) in [5, 5.41) is 19.8. The fourth-order valence-corrected chi connectivity index (χ4v) is 4.76. The molecule has 0 aliphatic heterocycles. The second-order valence-electron chi connectivity index (χ2n) is 8.44. The summed E-state index contributed by atoms with van der Waals surface area (Å²) in [6, 6.07) is 22.1. The minimum absolute atomic E-state index is 0.302. The van der Waals surface area contributed by atoms with Crippen molar-refractivity contribution in [3.63, 3.8) is 0 Å². The van der Waals surface area contributed by atoms with Gasteiger partial charge in [-0.25, -0.2) is 0 Å². The number of hydrogen-bond acceptors (Lipinski definition) is 2. The van der Waals surface area contributed by atoms with Gasteiger partial charge in [0.05, 0.1) is 0 Å². The van der Waals surface area contributed by atoms with E-state index in [0.717, 1.165) is 18.4 Å². The number of fused-ring (bicyclic) bond motifs is 1. The Morgan fingerprint density at radius 1 is 0.966 bits per heavy atom. The number of rotatable bonds is 4. The zero-order chi connectivity index (χ0) is 20.5. The van der Waals surface area contributed by atoms with Gasteiger partial charge >= 0.3 is 0 Å². The van der Waals surface area contributed by atoms with Crippen LogP contribution in [-0.2, 0) is 12.8 Å². The van der Waals surface area contributed by atoms with Crippen LogP contribution in [0.3, 0.4) is 0 Å². The molecule has 0 amide bonds. The lowest BCUT2D eigenvalue weighted by Gasteiger charge is -2.38. The summed E-state index contributed by atoms with van der Waals surface area (Å²) in [5.41, 5.74) is 7.37. The summed E-state index contributed by atoms with van der Waals surface area (Å²) in [6.45, 7) is 8.44. The van der Waals surface area contributed by atoms with Gasteiger partial charge in [0.15, 0.2) is 0 Å². The Balaban J connectivity index is 1.74. The number of aromatic hydroxyl groups is 2. The molecule has 3 unspecified atom stereocenters. The van der Waals surface area contributed by atoms with E-state index in [0.29, 0.717) is 29.3 Å². The second kappa shape index (κ2) is 7.79. The van der Waals surface area contributed by atoms with Gasteiger partial charge < -0.3 is 10.2 Å². The molecule has 2 N–H and O–H groups in total. The minimum atomic E-state index is 0.302. The first-order valence-corrected chi connectivity index (χ1v) is 10.3. The highest BCUT2D eigenvalue weighted by Gasteiger charge is 2.35. The van der Waals surface area contributed by atoms with E-state index >= 15 is 0 Å². The summed E-state index contributed by atoms with van der Waals surface area (Å²) in [5.74, 6) is 1.73. The van der Waals surface area contributed by atoms with Crippen molar-refractivity contribution in [3.8, 4) is 11.5 Å². The molecule has 1 aliphatic carbocycles. The predicted octanol–water partition coefficient (Wildman–Crippen LogP) is 6.43. The maximum Gasteiger partial charge on any atom is 0.115 e. The third kappa shape index (κ3) is 3.93. The van der Waals surface area contributed by atoms with Crippen molar-refractivity contribution in [1.82, 2.24) is 0 Å². The van der Waals surface area contributed by atoms with E-state index in [9.17, 15) is 10.2 Å². The lowest BCUT2D eigenvalue weighted by Crippen LogP contribution is -2.27. The van der Waals surface area contributed by atoms with Crippen LogP contribution in [0.5, 0.6) is 11.5 Å². The van der Waals surface area contributed by atoms with Crippen LogP contribution in [0, 0.1) is 5.92 Å². The van der Waals surface area contributed by atoms with E-state index in [1.807, 2.05) is 25.1 Å². The van der Waals surface area contributed by atoms with Crippen molar-refractivity contribution >= 4 is 5.57 Å². The molecule has 4 rings (SSSR count). The Morgan fingerprint density at radius 2 is 1.69 bits per heavy atom. The van der Waals surface area contributed by atoms with E-state index < -0.39 is 0 Å². The molecule has 0 fully saturated rings. The predicted molar refractivity (Wildman–Crippen MR) is 119 cm³/mol. The average Bonchev–Trinajstić information content (AvgIpc) is 2.71. The number of allylic oxidation sites excluding steroid dienone is 1. The van der Waals surface area contributed by atoms with Crippen molar-refractivity contribution in [2.45, 2.75) is 38.5 Å². The zero-order valence-electron chi connectivity index (χ0n) is 17.1. The van der Waals surface area contributed by atoms with Gasteiger partial charge in [0.2, 0.25) is 0 Å². The van der Waals surface area contributed by atoms with Gasteiger partial charge in [0, 0.05) is 0 Å². The van der Waals surface area contributed by atoms with Crippen molar-refractivity contribution in [3.05, 3.63) is 101 Å². The van der Waals surface area contributed by atoms with Crippen molar-refractivity contribution in [2.75, 3.05) is 0 Å². The highest BCUT2D eigenvalue weighted by atomic mass is 16.3. The van der Waals surface area contributed by atoms with Gasteiger partial charge in [0.1, 0.15) is 11.5 Å². The highest BCUT2D eigenvalue weighted by Crippen LogP contribution is 2.46. The van der Waals surface area contributed by atoms with Gasteiger partial charge in [-0.3, -0.25) is 0 Å². The summed E-state index contributed by atoms with van der Waals surface area (Å²) in [7, 11) is 0. The van der Waals surface area contributed by atoms with Crippen LogP contribution < -0.4 is 0 Å². The fraction of sp³-hybridized carbons (Fsp3) is 0.259. The average molecular weight is 385 g/mol. The van der Waals surface area contributed by atoms with E-state index in [1.54, 1.807) is 18.2 Å². The quantitative estimate of drug-likeness (QED) is 0.544. The molecule has 29 heavy (non-hydrogen) atoms. The molecule has 1 aliphatic rings. The molecule has 3 atom stereocenters. The Labute approximate surface area is 173 Å². The number of hydrogen-bond donors (Lipinski definition) is 2. The minimum Gasteiger partial charge on any atom is -0.508 e. The molecular formula is C27H28O2. The standard InChI is InChI=1S/C27H28O2/c1-17(2)21-6-4-5-19(13-21)14-26-18(3)25(20-7-10-23(28)11-8-20)15-22-9-12-24(29)16-27(22)26/h4-13,16,18,25-26,28-29H,1,14-15H2,2-3H3. The summed E-state index contributed by atoms with van der Waals surface area (Å²) >= 11 is 0. The molecule has 0 saturated carbocycles. The first-order valence-electron chi connectivity index (χ1n) is 10.3. The lowest BCUT2D eigenvalue weighted by molar-refractivity contribution is 0.347. The topological polar surface area (TPSA) is 40.5 Å². The monoisotopic (exact) mass is 384 g/mol. The molecule has 0 aromatic heterocycles. The normalized spacial score (nSPS) is 20.8. The van der Waals surface area contributed by atoms with Crippen LogP contribution in [0.4, 0.5) is 0 Å². The molecule has 0 radical (unpaired) electrons. The molecule has 148 valence electrons. The Hall–Kier alpha value is -3.00. The molecule has 2 heteroatoms. The first kappa shape index (κ1) is 19.3. The highest BCUT2D eigenvalue weighted by molar-refractivity contribution is 5.61. The zero-order valence-corrected chi connectivity index (χ0v) is 17.1. The maximum atomic E-state index is 10.1. The van der Waals surface area contributed by atoms with Gasteiger partial charge in [-0.15, -0.1) is 0 Å². The first-order chi connectivity index (χ1) is 13.9. The summed E-state index contributed by atoms with van der Waals surface area (Å²) < 4.78 is 0. The van der Waals surface area contributed by atoms with Crippen LogP contribution in [0.1, 0.15) is 53.5 Å². The molecule has 2 nitrogen and oxygen atoms in total. The van der Waals surface area contributed by atoms with E-state index in [-0.39, 0.29) is 0 Å². The molecule has 3 aromatic carbocycles. The van der Waals surface area contributed by atoms with Crippen molar-refractivity contribution in [2.24, 2.45) is 5.92 Å². The van der Waals surface area contributed by atoms with Gasteiger partial charge in [-0.1, -0.05) is 61.5 Å². The SMILES string of the molecule is C=C(C)c1cccc(CC2c3cc(O)ccc3CC(c3ccc(O)cc3)C2C)c1. The van der Waals surface area contributed by atoms with Crippen LogP contribution in [0.25, 0.3) is 5.57 Å². The van der Waals surface area contributed by atoms with Gasteiger partial charge in [-0.2, -0.15) is 0 Å². The van der Waals surface area contributed by atoms with E-state index in [1.165, 1.54) is 27.8 Å². The van der Waals surface area contributed by atoms with Gasteiger partial charge in [-0.05, 0) is 89.6 Å². The smallest absolute Gasteiger partial charge is 0.115 e. The van der Waals surface area contributed by atoms with E-state index in [4.69, 9.17) is 0 Å². The Bertz CT molecular complexity index is 1030. The molecule has 0 bridgehead atoms. The van der Waals surface area contributed by atoms with Gasteiger partial charge in [0.25, 0.3) is 0 Å². The molecule has 0 spiro atoms. The fourth-order valence-electron chi connectivity index (χ4n) is 4.76. The Morgan fingerprint density at radius 3 is 2.41 bits per heavy atom. The lowest BCUT2D eigenvalue weighted by atomic mass is 9.66. The molecule has 0 heterocycles. The molecule has 3 aromatic rings. The van der Waals surface area contributed by atoms with Crippen LogP contribution in [0.15, 0.2) is 73.3 Å². The van der Waals surface area contributed by atoms with Crippen LogP contribution >= 0.6 is 0 Å². The Kier molecular flexibility index (Phi) is 5.19. The third-order valence-electron chi connectivity index (χ3n) is 6.43. The van der Waals surface area contributed by atoms with E-state index in [2.05, 4.69) is 43.8 Å². The van der Waals surface area contributed by atoms with Crippen molar-refractivity contribution < 1.29 is 10.2 Å². The molecular weight excluding hydrogens is 356 g/mol. The van der Waals surface area contributed by atoms with Crippen LogP contribution in [-0.4, -0.2) is 10.2 Å². The summed E-state index contributed by atoms with van der Waals surface area (Å²) in [4.78, 5) is 0. The summed E-state index contributed by atoms with van der Waals surface area (Å²) in [6.07, 6.45) is 1.87. The number of phenolic OH excluding ortho intramolecular Hbond substituents is 2. The largest absolute Gasteiger partial charge is 0.508 e. The third-order valence-corrected chi connectivity index (χ3v) is 6.43. The number of benzene rings is 3. The number of phenols is 2. The van der Waals surface area contributed by atoms with Crippen molar-refractivity contribution in [1.29, 1.82) is 0 Å². The maximum absolute atomic E-state index is 10.1. The second-order valence-corrected chi connectivity index (χ2v) is 8.44. The molecule has 0 saturated heterocycles.